The van der Waals surface area contributed by atoms with Gasteiger partial charge in [0.05, 0.1) is 11.2 Å². The summed E-state index contributed by atoms with van der Waals surface area (Å²) in [6.07, 6.45) is 7.51. The quantitative estimate of drug-likeness (QED) is 0.365. The number of benzene rings is 2. The monoisotopic (exact) mass is 473 g/mol. The molecular weight excluding hydrogens is 444 g/mol. The summed E-state index contributed by atoms with van der Waals surface area (Å²) >= 11 is 0. The number of nitrogen functional groups attached to an aromatic ring is 1. The molecule has 3 aromatic heterocycles. The fourth-order valence-corrected chi connectivity index (χ4v) is 5.84. The molecule has 0 amide bonds. The van der Waals surface area contributed by atoms with E-state index in [1.807, 2.05) is 30.5 Å². The van der Waals surface area contributed by atoms with Gasteiger partial charge in [0.25, 0.3) is 0 Å². The van der Waals surface area contributed by atoms with Gasteiger partial charge in [0.2, 0.25) is 0 Å². The number of aryl methyl sites for hydroxylation is 1. The van der Waals surface area contributed by atoms with Crippen molar-refractivity contribution in [1.82, 2.24) is 24.3 Å². The lowest BCUT2D eigenvalue weighted by molar-refractivity contribution is 0.107. The minimum absolute atomic E-state index is 0.459. The van der Waals surface area contributed by atoms with E-state index in [0.29, 0.717) is 11.7 Å². The Morgan fingerprint density at radius 1 is 1.08 bits per heavy atom. The summed E-state index contributed by atoms with van der Waals surface area (Å²) in [5.41, 5.74) is 13.3. The van der Waals surface area contributed by atoms with E-state index in [9.17, 15) is 0 Å². The van der Waals surface area contributed by atoms with Crippen molar-refractivity contribution >= 4 is 22.2 Å². The Balaban J connectivity index is 1.29. The van der Waals surface area contributed by atoms with Crippen LogP contribution in [0.1, 0.15) is 36.6 Å². The molecule has 1 radical (unpaired) electrons. The van der Waals surface area contributed by atoms with Crippen molar-refractivity contribution in [2.75, 3.05) is 25.4 Å². The first-order chi connectivity index (χ1) is 17.6. The third kappa shape index (κ3) is 3.56. The number of hydrogen-bond acceptors (Lipinski definition) is 5. The highest BCUT2D eigenvalue weighted by Gasteiger charge is 2.36. The van der Waals surface area contributed by atoms with E-state index < -0.39 is 0 Å². The summed E-state index contributed by atoms with van der Waals surface area (Å²) in [7, 11) is 0. The second-order valence-electron chi connectivity index (χ2n) is 10.4. The van der Waals surface area contributed by atoms with Crippen molar-refractivity contribution in [2.45, 2.75) is 32.1 Å². The molecule has 2 fully saturated rings. The highest BCUT2D eigenvalue weighted by molar-refractivity contribution is 5.92. The maximum Gasteiger partial charge on any atom is 0.150 e. The Morgan fingerprint density at radius 2 is 1.97 bits per heavy atom. The summed E-state index contributed by atoms with van der Waals surface area (Å²) in [6, 6.07) is 19.8. The number of anilines is 1. The molecule has 0 spiro atoms. The lowest BCUT2D eigenvalue weighted by Gasteiger charge is -2.41. The maximum absolute atomic E-state index is 6.42. The Kier molecular flexibility index (Phi) is 5.03. The van der Waals surface area contributed by atoms with Crippen LogP contribution in [-0.2, 0) is 0 Å². The first-order valence-corrected chi connectivity index (χ1v) is 12.9. The van der Waals surface area contributed by atoms with Gasteiger partial charge in [0.15, 0.2) is 0 Å². The van der Waals surface area contributed by atoms with E-state index in [4.69, 9.17) is 15.7 Å². The number of imidazole rings is 1. The van der Waals surface area contributed by atoms with Gasteiger partial charge in [0, 0.05) is 41.4 Å². The van der Waals surface area contributed by atoms with Crippen LogP contribution < -0.4 is 5.73 Å². The van der Waals surface area contributed by atoms with Gasteiger partial charge in [-0.3, -0.25) is 4.40 Å². The first kappa shape index (κ1) is 21.5. The molecule has 5 aromatic rings. The number of pyridine rings is 1. The van der Waals surface area contributed by atoms with Crippen molar-refractivity contribution < 1.29 is 0 Å². The van der Waals surface area contributed by atoms with Crippen LogP contribution in [-0.4, -0.2) is 43.9 Å². The van der Waals surface area contributed by atoms with Gasteiger partial charge in [-0.25, -0.2) is 15.0 Å². The number of hydrogen-bond donors (Lipinski definition) is 1. The Hall–Kier alpha value is -3.77. The molecule has 6 nitrogen and oxygen atoms in total. The van der Waals surface area contributed by atoms with E-state index in [1.165, 1.54) is 44.5 Å². The summed E-state index contributed by atoms with van der Waals surface area (Å²) in [5, 5.41) is 1.14. The molecule has 4 heterocycles. The topological polar surface area (TPSA) is 72.3 Å². The van der Waals surface area contributed by atoms with E-state index in [0.717, 1.165) is 50.7 Å². The molecule has 6 heteroatoms. The zero-order chi connectivity index (χ0) is 24.2. The van der Waals surface area contributed by atoms with Crippen LogP contribution in [0.25, 0.3) is 38.9 Å². The number of nitrogens with two attached hydrogens (primary N) is 1. The number of fused-ring (bicyclic) bond motifs is 2. The van der Waals surface area contributed by atoms with Crippen molar-refractivity contribution in [3.8, 4) is 22.5 Å². The number of likely N-dealkylation sites (tertiary alicyclic amines) is 1. The first-order valence-electron chi connectivity index (χ1n) is 12.9. The van der Waals surface area contributed by atoms with Crippen LogP contribution in [0.15, 0.2) is 60.9 Å². The summed E-state index contributed by atoms with van der Waals surface area (Å²) < 4.78 is 2.17. The third-order valence-corrected chi connectivity index (χ3v) is 7.95. The maximum atomic E-state index is 6.42. The van der Waals surface area contributed by atoms with Gasteiger partial charge in [-0.1, -0.05) is 36.4 Å². The van der Waals surface area contributed by atoms with Crippen LogP contribution in [0.2, 0.25) is 0 Å². The zero-order valence-corrected chi connectivity index (χ0v) is 20.5. The third-order valence-electron chi connectivity index (χ3n) is 7.95. The molecule has 179 valence electrons. The van der Waals surface area contributed by atoms with E-state index in [2.05, 4.69) is 51.5 Å². The molecule has 2 aromatic carbocycles. The Bertz CT molecular complexity index is 1580. The van der Waals surface area contributed by atoms with Gasteiger partial charge in [-0.15, -0.1) is 0 Å². The Labute approximate surface area is 210 Å². The number of nitrogens with zero attached hydrogens (tertiary/aromatic N) is 5. The Morgan fingerprint density at radius 3 is 2.75 bits per heavy atom. The minimum atomic E-state index is 0.459. The predicted molar refractivity (Wildman–Crippen MR) is 144 cm³/mol. The lowest BCUT2D eigenvalue weighted by atomic mass is 9.74. The molecule has 0 bridgehead atoms. The fourth-order valence-electron chi connectivity index (χ4n) is 5.84. The lowest BCUT2D eigenvalue weighted by Crippen LogP contribution is -2.43. The molecule has 1 aliphatic heterocycles. The van der Waals surface area contributed by atoms with Crippen LogP contribution in [0.3, 0.4) is 0 Å². The predicted octanol–water partition coefficient (Wildman–Crippen LogP) is 5.50. The SMILES string of the molecule is Cc1cc(-c2[c]cccc2)nc2cc(-c3nc(C4CC(CN5CCC5)C4)n4ccnc(N)c34)ccc12. The summed E-state index contributed by atoms with van der Waals surface area (Å²) in [6.45, 7) is 5.89. The van der Waals surface area contributed by atoms with E-state index in [1.54, 1.807) is 6.20 Å². The minimum Gasteiger partial charge on any atom is -0.382 e. The van der Waals surface area contributed by atoms with Crippen molar-refractivity contribution in [3.05, 3.63) is 78.4 Å². The van der Waals surface area contributed by atoms with Gasteiger partial charge in [0.1, 0.15) is 22.9 Å². The average Bonchev–Trinajstić information content (AvgIpc) is 3.23. The van der Waals surface area contributed by atoms with E-state index in [-0.39, 0.29) is 0 Å². The average molecular weight is 474 g/mol. The molecule has 2 N–H and O–H groups in total. The molecule has 0 atom stereocenters. The highest BCUT2D eigenvalue weighted by Crippen LogP contribution is 2.44. The largest absolute Gasteiger partial charge is 0.382 e. The molecule has 1 saturated carbocycles. The highest BCUT2D eigenvalue weighted by atomic mass is 15.2. The summed E-state index contributed by atoms with van der Waals surface area (Å²) in [4.78, 5) is 17.2. The smallest absolute Gasteiger partial charge is 0.150 e. The zero-order valence-electron chi connectivity index (χ0n) is 20.5. The fraction of sp³-hybridized carbons (Fsp3) is 0.300. The van der Waals surface area contributed by atoms with Crippen molar-refractivity contribution in [3.63, 3.8) is 0 Å². The number of aromatic nitrogens is 4. The molecular formula is C30H29N6. The van der Waals surface area contributed by atoms with Crippen LogP contribution >= 0.6 is 0 Å². The van der Waals surface area contributed by atoms with Gasteiger partial charge >= 0.3 is 0 Å². The normalized spacial score (nSPS) is 19.9. The molecule has 7 rings (SSSR count). The number of rotatable bonds is 5. The van der Waals surface area contributed by atoms with Crippen LogP contribution in [0.4, 0.5) is 5.82 Å². The van der Waals surface area contributed by atoms with Gasteiger partial charge in [-0.2, -0.15) is 0 Å². The molecule has 2 aliphatic rings. The molecule has 1 aliphatic carbocycles. The summed E-state index contributed by atoms with van der Waals surface area (Å²) in [5.74, 6) is 2.84. The van der Waals surface area contributed by atoms with Crippen LogP contribution in [0.5, 0.6) is 0 Å². The van der Waals surface area contributed by atoms with Crippen molar-refractivity contribution in [2.24, 2.45) is 5.92 Å². The van der Waals surface area contributed by atoms with Crippen LogP contribution in [0, 0.1) is 18.9 Å². The van der Waals surface area contributed by atoms with E-state index >= 15 is 0 Å². The molecule has 1 saturated heterocycles. The van der Waals surface area contributed by atoms with Crippen molar-refractivity contribution in [1.29, 1.82) is 0 Å². The second-order valence-corrected chi connectivity index (χ2v) is 10.4. The molecule has 0 unspecified atom stereocenters. The standard InChI is InChI=1S/C30H29N6/c1-19-14-25(21-6-3-2-4-7-21)33-26-17-22(8-9-24(19)26)27-28-29(31)32-10-13-36(28)30(34-27)23-15-20(16-23)18-35-11-5-12-35/h2-4,6,8-10,13-14,17,20,23H,5,11-12,15-16,18H2,1H3,(H2,31,32). The van der Waals surface area contributed by atoms with Gasteiger partial charge in [-0.05, 0) is 69.0 Å². The second kappa shape index (κ2) is 8.42. The molecule has 36 heavy (non-hydrogen) atoms. The van der Waals surface area contributed by atoms with Gasteiger partial charge < -0.3 is 10.6 Å².